The Morgan fingerprint density at radius 1 is 1.15 bits per heavy atom. The summed E-state index contributed by atoms with van der Waals surface area (Å²) < 4.78 is 22.9. The molecule has 1 atom stereocenters. The van der Waals surface area contributed by atoms with Crippen molar-refractivity contribution in [2.75, 3.05) is 12.0 Å². The van der Waals surface area contributed by atoms with Crippen LogP contribution in [-0.4, -0.2) is 43.3 Å². The molecule has 2 fully saturated rings. The second kappa shape index (κ2) is 6.46. The van der Waals surface area contributed by atoms with Gasteiger partial charge in [-0.25, -0.2) is 8.42 Å². The summed E-state index contributed by atoms with van der Waals surface area (Å²) >= 11 is 0. The first-order valence-electron chi connectivity index (χ1n) is 7.85. The first kappa shape index (κ1) is 15.8. The van der Waals surface area contributed by atoms with E-state index >= 15 is 0 Å². The number of rotatable bonds is 6. The van der Waals surface area contributed by atoms with E-state index in [1.807, 2.05) is 11.8 Å². The Morgan fingerprint density at radius 3 is 2.25 bits per heavy atom. The topological polar surface area (TPSA) is 54.5 Å². The molecule has 4 nitrogen and oxygen atoms in total. The van der Waals surface area contributed by atoms with Gasteiger partial charge >= 0.3 is 0 Å². The number of hydrogen-bond acceptors (Lipinski definition) is 3. The van der Waals surface area contributed by atoms with E-state index in [1.54, 1.807) is 0 Å². The van der Waals surface area contributed by atoms with Crippen LogP contribution in [0.3, 0.4) is 0 Å². The number of amides is 1. The Labute approximate surface area is 122 Å². The van der Waals surface area contributed by atoms with Crippen molar-refractivity contribution in [2.24, 2.45) is 5.92 Å². The fraction of sp³-hybridized carbons (Fsp3) is 0.933. The van der Waals surface area contributed by atoms with E-state index < -0.39 is 9.84 Å². The van der Waals surface area contributed by atoms with Crippen molar-refractivity contribution in [2.45, 2.75) is 70.4 Å². The second-order valence-corrected chi connectivity index (χ2v) is 8.87. The first-order valence-corrected chi connectivity index (χ1v) is 9.92. The molecule has 1 amide bonds. The van der Waals surface area contributed by atoms with E-state index in [0.29, 0.717) is 18.4 Å². The van der Waals surface area contributed by atoms with Crippen molar-refractivity contribution < 1.29 is 13.2 Å². The van der Waals surface area contributed by atoms with E-state index in [9.17, 15) is 13.2 Å². The van der Waals surface area contributed by atoms with Gasteiger partial charge in [0.15, 0.2) is 0 Å². The summed E-state index contributed by atoms with van der Waals surface area (Å²) in [6, 6.07) is 0.108. The molecule has 2 saturated carbocycles. The first-order chi connectivity index (χ1) is 9.37. The van der Waals surface area contributed by atoms with Gasteiger partial charge < -0.3 is 4.90 Å². The summed E-state index contributed by atoms with van der Waals surface area (Å²) in [5, 5.41) is 0. The predicted octanol–water partition coefficient (Wildman–Crippen LogP) is 2.38. The number of nitrogens with zero attached hydrogens (tertiary/aromatic N) is 1. The van der Waals surface area contributed by atoms with Crippen molar-refractivity contribution in [3.63, 3.8) is 0 Å². The van der Waals surface area contributed by atoms with E-state index in [-0.39, 0.29) is 17.7 Å². The Balaban J connectivity index is 1.95. The van der Waals surface area contributed by atoms with E-state index in [1.165, 1.54) is 25.5 Å². The van der Waals surface area contributed by atoms with Crippen LogP contribution in [0.15, 0.2) is 0 Å². The average molecular weight is 301 g/mol. The summed E-state index contributed by atoms with van der Waals surface area (Å²) in [5.41, 5.74) is 0. The molecule has 0 aromatic heterocycles. The maximum absolute atomic E-state index is 12.6. The van der Waals surface area contributed by atoms with Crippen LogP contribution >= 0.6 is 0 Å². The molecular weight excluding hydrogens is 274 g/mol. The number of sulfone groups is 1. The van der Waals surface area contributed by atoms with Crippen LogP contribution in [0.1, 0.15) is 58.3 Å². The van der Waals surface area contributed by atoms with Crippen LogP contribution in [0.4, 0.5) is 0 Å². The van der Waals surface area contributed by atoms with E-state index in [2.05, 4.69) is 0 Å². The third-order valence-corrected chi connectivity index (χ3v) is 5.52. The van der Waals surface area contributed by atoms with Gasteiger partial charge in [-0.05, 0) is 38.5 Å². The van der Waals surface area contributed by atoms with E-state index in [0.717, 1.165) is 25.7 Å². The quantitative estimate of drug-likeness (QED) is 0.757. The smallest absolute Gasteiger partial charge is 0.223 e. The Hall–Kier alpha value is -0.580. The molecule has 0 aliphatic heterocycles. The highest BCUT2D eigenvalue weighted by Crippen LogP contribution is 2.32. The normalized spacial score (nSPS) is 22.5. The molecule has 0 unspecified atom stereocenters. The van der Waals surface area contributed by atoms with E-state index in [4.69, 9.17) is 0 Å². The summed E-state index contributed by atoms with van der Waals surface area (Å²) in [7, 11) is -3.03. The fourth-order valence-electron chi connectivity index (χ4n) is 3.42. The number of carbonyl (C=O) groups excluding carboxylic acids is 1. The summed E-state index contributed by atoms with van der Waals surface area (Å²) in [6.07, 6.45) is 10.0. The van der Waals surface area contributed by atoms with Gasteiger partial charge in [0.1, 0.15) is 9.84 Å². The lowest BCUT2D eigenvalue weighted by Crippen LogP contribution is -2.44. The van der Waals surface area contributed by atoms with Crippen LogP contribution in [0.2, 0.25) is 0 Å². The Kier molecular flexibility index (Phi) is 5.10. The third kappa shape index (κ3) is 4.76. The van der Waals surface area contributed by atoms with Crippen LogP contribution in [-0.2, 0) is 14.6 Å². The highest BCUT2D eigenvalue weighted by molar-refractivity contribution is 7.90. The van der Waals surface area contributed by atoms with Crippen molar-refractivity contribution >= 4 is 15.7 Å². The van der Waals surface area contributed by atoms with Crippen LogP contribution in [0, 0.1) is 5.92 Å². The van der Waals surface area contributed by atoms with Crippen LogP contribution < -0.4 is 0 Å². The lowest BCUT2D eigenvalue weighted by atomic mass is 9.86. The molecule has 2 aliphatic carbocycles. The van der Waals surface area contributed by atoms with Crippen LogP contribution in [0.5, 0.6) is 0 Å². The molecule has 2 aliphatic rings. The maximum atomic E-state index is 12.6. The minimum Gasteiger partial charge on any atom is -0.336 e. The highest BCUT2D eigenvalue weighted by Gasteiger charge is 2.37. The molecule has 0 spiro atoms. The molecule has 0 aromatic carbocycles. The van der Waals surface area contributed by atoms with Gasteiger partial charge in [-0.3, -0.25) is 4.79 Å². The largest absolute Gasteiger partial charge is 0.336 e. The predicted molar refractivity (Wildman–Crippen MR) is 80.2 cm³/mol. The van der Waals surface area contributed by atoms with Gasteiger partial charge in [0.05, 0.1) is 5.75 Å². The molecule has 2 rings (SSSR count). The van der Waals surface area contributed by atoms with Crippen molar-refractivity contribution in [1.82, 2.24) is 4.90 Å². The minimum atomic E-state index is -3.03. The van der Waals surface area contributed by atoms with Gasteiger partial charge in [-0.1, -0.05) is 19.3 Å². The van der Waals surface area contributed by atoms with Crippen LogP contribution in [0.25, 0.3) is 0 Å². The van der Waals surface area contributed by atoms with Gasteiger partial charge in [0.2, 0.25) is 5.91 Å². The SMILES string of the molecule is C[C@H](CS(C)(=O)=O)N(C(=O)CC1CCCCC1)C1CC1. The number of hydrogen-bond donors (Lipinski definition) is 0. The average Bonchev–Trinajstić information content (AvgIpc) is 3.12. The fourth-order valence-corrected chi connectivity index (χ4v) is 4.46. The summed E-state index contributed by atoms with van der Waals surface area (Å²) in [5.74, 6) is 0.776. The lowest BCUT2D eigenvalue weighted by molar-refractivity contribution is -0.134. The molecule has 0 radical (unpaired) electrons. The molecule has 0 bridgehead atoms. The standard InChI is InChI=1S/C15H27NO3S/c1-12(11-20(2,18)19)16(14-8-9-14)15(17)10-13-6-4-3-5-7-13/h12-14H,3-11H2,1-2H3/t12-/m1/s1. The summed E-state index contributed by atoms with van der Waals surface area (Å²) in [6.45, 7) is 1.87. The van der Waals surface area contributed by atoms with Crippen molar-refractivity contribution in [3.8, 4) is 0 Å². The van der Waals surface area contributed by atoms with Crippen molar-refractivity contribution in [1.29, 1.82) is 0 Å². The summed E-state index contributed by atoms with van der Waals surface area (Å²) in [4.78, 5) is 14.4. The molecule has 0 saturated heterocycles. The second-order valence-electron chi connectivity index (χ2n) is 6.68. The van der Waals surface area contributed by atoms with Crippen molar-refractivity contribution in [3.05, 3.63) is 0 Å². The number of carbonyl (C=O) groups is 1. The maximum Gasteiger partial charge on any atom is 0.223 e. The van der Waals surface area contributed by atoms with Gasteiger partial charge in [-0.2, -0.15) is 0 Å². The van der Waals surface area contributed by atoms with Gasteiger partial charge in [0.25, 0.3) is 0 Å². The molecular formula is C15H27NO3S. The monoisotopic (exact) mass is 301 g/mol. The zero-order chi connectivity index (χ0) is 14.8. The minimum absolute atomic E-state index is 0.0832. The molecule has 116 valence electrons. The molecule has 5 heteroatoms. The van der Waals surface area contributed by atoms with Gasteiger partial charge in [-0.15, -0.1) is 0 Å². The van der Waals surface area contributed by atoms with Gasteiger partial charge in [0, 0.05) is 24.8 Å². The third-order valence-electron chi connectivity index (χ3n) is 4.44. The highest BCUT2D eigenvalue weighted by atomic mass is 32.2. The Bertz CT molecular complexity index is 436. The molecule has 20 heavy (non-hydrogen) atoms. The Morgan fingerprint density at radius 2 is 1.75 bits per heavy atom. The molecule has 0 N–H and O–H groups in total. The molecule has 0 aromatic rings. The zero-order valence-corrected chi connectivity index (χ0v) is 13.5. The molecule has 0 heterocycles. The zero-order valence-electron chi connectivity index (χ0n) is 12.7. The lowest BCUT2D eigenvalue weighted by Gasteiger charge is -2.31.